The van der Waals surface area contributed by atoms with Crippen molar-refractivity contribution in [3.05, 3.63) is 143 Å². The predicted molar refractivity (Wildman–Crippen MR) is 151 cm³/mol. The molecular weight excluding hydrogens is 534 g/mol. The fraction of sp³-hybridized carbons (Fsp3) is 0.0625. The van der Waals surface area contributed by atoms with E-state index in [0.717, 1.165) is 11.1 Å². The Balaban J connectivity index is 0.00000441. The number of hydrogen-bond donors (Lipinski definition) is 0. The minimum atomic E-state index is -4.81. The van der Waals surface area contributed by atoms with Gasteiger partial charge in [-0.25, -0.2) is 4.57 Å². The van der Waals surface area contributed by atoms with Crippen molar-refractivity contribution in [3.63, 3.8) is 0 Å². The number of phosphoric acid groups is 1. The number of ketones is 2. The van der Waals surface area contributed by atoms with E-state index >= 15 is 0 Å². The van der Waals surface area contributed by atoms with E-state index in [0.29, 0.717) is 22.3 Å². The van der Waals surface area contributed by atoms with Crippen LogP contribution in [-0.2, 0) is 4.57 Å². The van der Waals surface area contributed by atoms with Crippen molar-refractivity contribution >= 4 is 31.5 Å². The van der Waals surface area contributed by atoms with Gasteiger partial charge in [0.2, 0.25) is 0 Å². The van der Waals surface area contributed by atoms with Crippen LogP contribution in [0, 0.1) is 13.8 Å². The molecule has 0 aliphatic rings. The van der Waals surface area contributed by atoms with E-state index in [1.807, 2.05) is 60.7 Å². The minimum absolute atomic E-state index is 0. The predicted octanol–water partition coefficient (Wildman–Crippen LogP) is 4.03. The molecule has 0 radical (unpaired) electrons. The van der Waals surface area contributed by atoms with Crippen molar-refractivity contribution in [2.45, 2.75) is 13.8 Å². The summed E-state index contributed by atoms with van der Waals surface area (Å²) in [6.45, 7) is 3.39. The Morgan fingerprint density at radius 2 is 1.02 bits per heavy atom. The Hall–Kier alpha value is -3.51. The van der Waals surface area contributed by atoms with Gasteiger partial charge in [0.05, 0.1) is 0 Å². The zero-order valence-corrected chi connectivity index (χ0v) is 25.3. The molecule has 6 nitrogen and oxygen atoms in total. The van der Waals surface area contributed by atoms with E-state index < -0.39 is 7.82 Å². The molecule has 0 bridgehead atoms. The molecule has 0 aliphatic heterocycles. The van der Waals surface area contributed by atoms with Gasteiger partial charge in [0.15, 0.2) is 11.6 Å². The molecule has 0 saturated heterocycles. The quantitative estimate of drug-likeness (QED) is 0.126. The molecule has 0 fully saturated rings. The number of allylic oxidation sites excluding steroid dienone is 2. The molecular formula is C32H26NaO6P. The van der Waals surface area contributed by atoms with Gasteiger partial charge in [0.1, 0.15) is 11.5 Å². The molecule has 0 amide bonds. The van der Waals surface area contributed by atoms with Crippen LogP contribution in [0.15, 0.2) is 109 Å². The van der Waals surface area contributed by atoms with E-state index in [1.54, 1.807) is 26.0 Å². The Labute approximate surface area is 255 Å². The van der Waals surface area contributed by atoms with E-state index in [-0.39, 0.29) is 52.6 Å². The average Bonchev–Trinajstić information content (AvgIpc) is 2.91. The summed E-state index contributed by atoms with van der Waals surface area (Å²) < 4.78 is 22.8. The van der Waals surface area contributed by atoms with Crippen molar-refractivity contribution in [1.29, 1.82) is 0 Å². The second-order valence-corrected chi connectivity index (χ2v) is 10.1. The van der Waals surface area contributed by atoms with Crippen molar-refractivity contribution < 1.29 is 57.7 Å². The normalized spacial score (nSPS) is 12.5. The molecule has 40 heavy (non-hydrogen) atoms. The molecule has 0 unspecified atom stereocenters. The minimum Gasteiger partial charge on any atom is -0.736 e. The summed E-state index contributed by atoms with van der Waals surface area (Å²) in [5.74, 6) is -0.394. The summed E-state index contributed by atoms with van der Waals surface area (Å²) in [7, 11) is -4.81. The van der Waals surface area contributed by atoms with E-state index in [9.17, 15) is 19.0 Å². The second kappa shape index (κ2) is 14.2. The third-order valence-corrected chi connectivity index (χ3v) is 6.68. The molecule has 0 heterocycles. The van der Waals surface area contributed by atoms with Crippen LogP contribution in [0.4, 0.5) is 0 Å². The number of phosphoric ester groups is 1. The van der Waals surface area contributed by atoms with Crippen LogP contribution in [-0.4, -0.2) is 11.6 Å². The van der Waals surface area contributed by atoms with Crippen LogP contribution in [0.1, 0.15) is 43.0 Å². The summed E-state index contributed by atoms with van der Waals surface area (Å²) in [6, 6.07) is 27.6. The first kappa shape index (κ1) is 31.0. The first-order valence-corrected chi connectivity index (χ1v) is 13.6. The smallest absolute Gasteiger partial charge is 0.736 e. The maximum absolute atomic E-state index is 12.6. The Morgan fingerprint density at radius 3 is 1.38 bits per heavy atom. The molecule has 196 valence electrons. The molecule has 0 N–H and O–H groups in total. The van der Waals surface area contributed by atoms with Crippen LogP contribution in [0.25, 0.3) is 12.2 Å². The van der Waals surface area contributed by atoms with Crippen LogP contribution in [0.5, 0.6) is 11.5 Å². The maximum atomic E-state index is 12.6. The van der Waals surface area contributed by atoms with Crippen molar-refractivity contribution in [1.82, 2.24) is 0 Å². The van der Waals surface area contributed by atoms with Gasteiger partial charge >= 0.3 is 37.4 Å². The third-order valence-electron chi connectivity index (χ3n) is 5.81. The van der Waals surface area contributed by atoms with Gasteiger partial charge in [-0.1, -0.05) is 72.8 Å². The number of carbonyl (C=O) groups is 2. The molecule has 4 rings (SSSR count). The first-order chi connectivity index (χ1) is 18.7. The zero-order valence-electron chi connectivity index (χ0n) is 22.4. The number of rotatable bonds is 10. The van der Waals surface area contributed by atoms with E-state index in [2.05, 4.69) is 0 Å². The van der Waals surface area contributed by atoms with Gasteiger partial charge in [0, 0.05) is 11.1 Å². The molecule has 8 heteroatoms. The van der Waals surface area contributed by atoms with Gasteiger partial charge in [0.25, 0.3) is 0 Å². The summed E-state index contributed by atoms with van der Waals surface area (Å²) in [6.07, 6.45) is 6.36. The molecule has 4 aromatic rings. The average molecular weight is 561 g/mol. The van der Waals surface area contributed by atoms with Crippen LogP contribution >= 0.6 is 7.82 Å². The topological polar surface area (TPSA) is 92.7 Å². The fourth-order valence-electron chi connectivity index (χ4n) is 3.87. The Kier molecular flexibility index (Phi) is 11.0. The largest absolute Gasteiger partial charge is 1.00 e. The standard InChI is InChI=1S/C32H27O6P.Na/c1-23-21-27(15-17-29(23)31(33)19-13-25-9-5-3-6-10-25)37-39(35,36)38-28-16-18-30(24(2)22-28)32(34)20-14-26-11-7-4-8-12-26;/h3-22H,1-2H3,(H,35,36);/q;+1/p-1. The number of carbonyl (C=O) groups excluding carboxylic acids is 2. The number of aryl methyl sites for hydroxylation is 2. The summed E-state index contributed by atoms with van der Waals surface area (Å²) in [4.78, 5) is 37.8. The van der Waals surface area contributed by atoms with E-state index in [1.165, 1.54) is 48.6 Å². The molecule has 0 atom stereocenters. The van der Waals surface area contributed by atoms with Crippen molar-refractivity contribution in [2.24, 2.45) is 0 Å². The SMILES string of the molecule is Cc1cc(OP(=O)([O-])Oc2ccc(C(=O)C=Cc3ccccc3)c(C)c2)ccc1C(=O)C=Cc1ccccc1.[Na+]. The van der Waals surface area contributed by atoms with Gasteiger partial charge in [-0.15, -0.1) is 0 Å². The Morgan fingerprint density at radius 1 is 0.650 bits per heavy atom. The van der Waals surface area contributed by atoms with E-state index in [4.69, 9.17) is 9.05 Å². The molecule has 0 spiro atoms. The van der Waals surface area contributed by atoms with Gasteiger partial charge in [-0.05, 0) is 84.7 Å². The van der Waals surface area contributed by atoms with Crippen LogP contribution < -0.4 is 43.5 Å². The Bertz CT molecular complexity index is 1480. The van der Waals surface area contributed by atoms with Gasteiger partial charge in [-0.2, -0.15) is 0 Å². The first-order valence-electron chi connectivity index (χ1n) is 12.2. The second-order valence-electron chi connectivity index (χ2n) is 8.80. The summed E-state index contributed by atoms with van der Waals surface area (Å²) in [5, 5.41) is 0. The maximum Gasteiger partial charge on any atom is 1.00 e. The van der Waals surface area contributed by atoms with Gasteiger partial charge in [-0.3, -0.25) is 9.59 Å². The van der Waals surface area contributed by atoms with Crippen molar-refractivity contribution in [3.8, 4) is 11.5 Å². The monoisotopic (exact) mass is 560 g/mol. The molecule has 0 aliphatic carbocycles. The van der Waals surface area contributed by atoms with Crippen LogP contribution in [0.3, 0.4) is 0 Å². The summed E-state index contributed by atoms with van der Waals surface area (Å²) >= 11 is 0. The van der Waals surface area contributed by atoms with Crippen molar-refractivity contribution in [2.75, 3.05) is 0 Å². The van der Waals surface area contributed by atoms with Gasteiger partial charge < -0.3 is 13.9 Å². The fourth-order valence-corrected chi connectivity index (χ4v) is 4.65. The summed E-state index contributed by atoms with van der Waals surface area (Å²) in [5.41, 5.74) is 3.74. The van der Waals surface area contributed by atoms with Crippen LogP contribution in [0.2, 0.25) is 0 Å². The molecule has 0 saturated carbocycles. The molecule has 4 aromatic carbocycles. The number of hydrogen-bond acceptors (Lipinski definition) is 6. The molecule has 0 aromatic heterocycles. The number of benzene rings is 4. The third kappa shape index (κ3) is 8.75. The zero-order chi connectivity index (χ0) is 27.8.